The molecule has 0 aliphatic heterocycles. The van der Waals surface area contributed by atoms with Crippen LogP contribution in [0.4, 0.5) is 0 Å². The molecule has 2 aromatic carbocycles. The third kappa shape index (κ3) is 8.53. The lowest BCUT2D eigenvalue weighted by Crippen LogP contribution is -2.32. The summed E-state index contributed by atoms with van der Waals surface area (Å²) in [4.78, 5) is 13.8. The van der Waals surface area contributed by atoms with Crippen molar-refractivity contribution in [2.75, 3.05) is 7.11 Å². The van der Waals surface area contributed by atoms with Crippen molar-refractivity contribution in [1.82, 2.24) is 0 Å². The molecule has 29 heavy (non-hydrogen) atoms. The molecule has 0 fully saturated rings. The van der Waals surface area contributed by atoms with Crippen LogP contribution in [-0.4, -0.2) is 23.9 Å². The van der Waals surface area contributed by atoms with Gasteiger partial charge in [-0.1, -0.05) is 43.7 Å². The summed E-state index contributed by atoms with van der Waals surface area (Å²) >= 11 is 1.76. The number of aryl methyl sites for hydroxylation is 1. The van der Waals surface area contributed by atoms with Gasteiger partial charge in [-0.15, -0.1) is 11.8 Å². The first kappa shape index (κ1) is 23.3. The maximum Gasteiger partial charge on any atom is 0.310 e. The molecule has 0 heterocycles. The van der Waals surface area contributed by atoms with Gasteiger partial charge in [-0.05, 0) is 69.9 Å². The average Bonchev–Trinajstić information content (AvgIpc) is 2.69. The Morgan fingerprint density at radius 2 is 1.66 bits per heavy atom. The zero-order valence-electron chi connectivity index (χ0n) is 18.3. The zero-order valence-corrected chi connectivity index (χ0v) is 19.1. The van der Waals surface area contributed by atoms with Gasteiger partial charge in [0, 0.05) is 10.1 Å². The van der Waals surface area contributed by atoms with Gasteiger partial charge in [-0.25, -0.2) is 0 Å². The molecule has 0 saturated carbocycles. The standard InChI is InChI=1S/C25H34O3S/c1-19(24(26)28-25(2,3)4)23(29-22-17-15-21(27-5)16-18-22)14-10-9-13-20-11-7-6-8-12-20/h6-8,11-12,15-19,23H,9-10,13-14H2,1-5H3/t19-,23+/m0/s1. The highest BCUT2D eigenvalue weighted by Gasteiger charge is 2.29. The van der Waals surface area contributed by atoms with Crippen LogP contribution in [0, 0.1) is 5.92 Å². The lowest BCUT2D eigenvalue weighted by molar-refractivity contribution is -0.159. The van der Waals surface area contributed by atoms with E-state index in [0.29, 0.717) is 0 Å². The maximum absolute atomic E-state index is 12.7. The second-order valence-electron chi connectivity index (χ2n) is 8.39. The van der Waals surface area contributed by atoms with E-state index < -0.39 is 5.60 Å². The summed E-state index contributed by atoms with van der Waals surface area (Å²) in [7, 11) is 1.67. The van der Waals surface area contributed by atoms with Crippen molar-refractivity contribution in [2.45, 2.75) is 69.1 Å². The van der Waals surface area contributed by atoms with E-state index in [4.69, 9.17) is 9.47 Å². The fraction of sp³-hybridized carbons (Fsp3) is 0.480. The number of benzene rings is 2. The van der Waals surface area contributed by atoms with E-state index in [9.17, 15) is 4.79 Å². The molecule has 0 radical (unpaired) electrons. The van der Waals surface area contributed by atoms with Crippen molar-refractivity contribution >= 4 is 17.7 Å². The predicted molar refractivity (Wildman–Crippen MR) is 122 cm³/mol. The predicted octanol–water partition coefficient (Wildman–Crippen LogP) is 6.55. The number of rotatable bonds is 10. The Labute approximate surface area is 180 Å². The highest BCUT2D eigenvalue weighted by Crippen LogP contribution is 2.34. The lowest BCUT2D eigenvalue weighted by atomic mass is 10.00. The molecular formula is C25H34O3S. The lowest BCUT2D eigenvalue weighted by Gasteiger charge is -2.27. The van der Waals surface area contributed by atoms with Crippen LogP contribution < -0.4 is 4.74 Å². The number of unbranched alkanes of at least 4 members (excludes halogenated alkanes) is 1. The van der Waals surface area contributed by atoms with Crippen molar-refractivity contribution in [2.24, 2.45) is 5.92 Å². The summed E-state index contributed by atoms with van der Waals surface area (Å²) in [5, 5.41) is 0.175. The van der Waals surface area contributed by atoms with Gasteiger partial charge in [0.1, 0.15) is 11.4 Å². The van der Waals surface area contributed by atoms with Gasteiger partial charge in [0.15, 0.2) is 0 Å². The summed E-state index contributed by atoms with van der Waals surface area (Å²) in [6.07, 6.45) is 4.24. The molecule has 0 unspecified atom stereocenters. The van der Waals surface area contributed by atoms with Gasteiger partial charge in [-0.3, -0.25) is 4.79 Å². The second kappa shape index (κ2) is 11.3. The van der Waals surface area contributed by atoms with E-state index in [2.05, 4.69) is 36.4 Å². The average molecular weight is 415 g/mol. The molecule has 0 aliphatic rings. The summed E-state index contributed by atoms with van der Waals surface area (Å²) in [5.41, 5.74) is 0.903. The molecule has 0 bridgehead atoms. The smallest absolute Gasteiger partial charge is 0.310 e. The minimum Gasteiger partial charge on any atom is -0.497 e. The molecule has 2 rings (SSSR count). The SMILES string of the molecule is COc1ccc(S[C@H](CCCCc2ccccc2)[C@H](C)C(=O)OC(C)(C)C)cc1. The Morgan fingerprint density at radius 1 is 1.00 bits per heavy atom. The molecule has 0 spiro atoms. The van der Waals surface area contributed by atoms with Crippen LogP contribution in [0.25, 0.3) is 0 Å². The third-order valence-corrected chi connectivity index (χ3v) is 6.22. The van der Waals surface area contributed by atoms with Crippen LogP contribution in [0.5, 0.6) is 5.75 Å². The Morgan fingerprint density at radius 3 is 2.24 bits per heavy atom. The van der Waals surface area contributed by atoms with Gasteiger partial charge in [0.2, 0.25) is 0 Å². The second-order valence-corrected chi connectivity index (χ2v) is 9.70. The number of hydrogen-bond donors (Lipinski definition) is 0. The Kier molecular flexibility index (Phi) is 9.09. The van der Waals surface area contributed by atoms with Crippen LogP contribution in [0.3, 0.4) is 0 Å². The molecule has 0 N–H and O–H groups in total. The molecule has 0 aliphatic carbocycles. The van der Waals surface area contributed by atoms with Crippen molar-refractivity contribution < 1.29 is 14.3 Å². The maximum atomic E-state index is 12.7. The number of methoxy groups -OCH3 is 1. The van der Waals surface area contributed by atoms with Gasteiger partial charge >= 0.3 is 5.97 Å². The van der Waals surface area contributed by atoms with Gasteiger partial charge in [-0.2, -0.15) is 0 Å². The minimum absolute atomic E-state index is 0.119. The number of thioether (sulfide) groups is 1. The molecule has 3 nitrogen and oxygen atoms in total. The van der Waals surface area contributed by atoms with Crippen molar-refractivity contribution in [3.63, 3.8) is 0 Å². The van der Waals surface area contributed by atoms with Crippen LogP contribution in [0.1, 0.15) is 52.5 Å². The molecule has 0 saturated heterocycles. The topological polar surface area (TPSA) is 35.5 Å². The summed E-state index contributed by atoms with van der Waals surface area (Å²) < 4.78 is 10.9. The number of carbonyl (C=O) groups is 1. The van der Waals surface area contributed by atoms with Gasteiger partial charge in [0.25, 0.3) is 0 Å². The largest absolute Gasteiger partial charge is 0.497 e. The quantitative estimate of drug-likeness (QED) is 0.251. The highest BCUT2D eigenvalue weighted by atomic mass is 32.2. The molecule has 2 aromatic rings. The van der Waals surface area contributed by atoms with Crippen LogP contribution in [0.2, 0.25) is 0 Å². The molecule has 0 amide bonds. The first-order valence-corrected chi connectivity index (χ1v) is 11.2. The Bertz CT molecular complexity index is 735. The number of hydrogen-bond acceptors (Lipinski definition) is 4. The summed E-state index contributed by atoms with van der Waals surface area (Å²) in [5.74, 6) is 0.554. The summed E-state index contributed by atoms with van der Waals surface area (Å²) in [6, 6.07) is 18.6. The zero-order chi connectivity index (χ0) is 21.3. The first-order valence-electron chi connectivity index (χ1n) is 10.4. The molecular weight excluding hydrogens is 380 g/mol. The monoisotopic (exact) mass is 414 g/mol. The third-order valence-electron chi connectivity index (χ3n) is 4.73. The van der Waals surface area contributed by atoms with Crippen LogP contribution >= 0.6 is 11.8 Å². The molecule has 0 aromatic heterocycles. The van der Waals surface area contributed by atoms with Crippen molar-refractivity contribution in [1.29, 1.82) is 0 Å². The Hall–Kier alpha value is -1.94. The molecule has 4 heteroatoms. The van der Waals surface area contributed by atoms with E-state index in [-0.39, 0.29) is 17.1 Å². The fourth-order valence-electron chi connectivity index (χ4n) is 3.11. The molecule has 2 atom stereocenters. The Balaban J connectivity index is 1.99. The first-order chi connectivity index (χ1) is 13.8. The van der Waals surface area contributed by atoms with Gasteiger partial charge < -0.3 is 9.47 Å². The normalized spacial score (nSPS) is 13.6. The van der Waals surface area contributed by atoms with E-state index in [1.54, 1.807) is 18.9 Å². The minimum atomic E-state index is -0.464. The van der Waals surface area contributed by atoms with E-state index in [0.717, 1.165) is 36.3 Å². The molecule has 158 valence electrons. The van der Waals surface area contributed by atoms with Crippen molar-refractivity contribution in [3.05, 3.63) is 60.2 Å². The number of esters is 1. The number of ether oxygens (including phenoxy) is 2. The van der Waals surface area contributed by atoms with Gasteiger partial charge in [0.05, 0.1) is 13.0 Å². The van der Waals surface area contributed by atoms with E-state index in [1.165, 1.54) is 5.56 Å². The van der Waals surface area contributed by atoms with E-state index in [1.807, 2.05) is 45.9 Å². The van der Waals surface area contributed by atoms with Crippen LogP contribution in [-0.2, 0) is 16.0 Å². The summed E-state index contributed by atoms with van der Waals surface area (Å²) in [6.45, 7) is 7.75. The van der Waals surface area contributed by atoms with Crippen molar-refractivity contribution in [3.8, 4) is 5.75 Å². The fourth-order valence-corrected chi connectivity index (χ4v) is 4.35. The number of carbonyl (C=O) groups excluding carboxylic acids is 1. The van der Waals surface area contributed by atoms with Crippen LogP contribution in [0.15, 0.2) is 59.5 Å². The highest BCUT2D eigenvalue weighted by molar-refractivity contribution is 8.00. The van der Waals surface area contributed by atoms with E-state index >= 15 is 0 Å².